The van der Waals surface area contributed by atoms with E-state index in [2.05, 4.69) is 37.5 Å². The van der Waals surface area contributed by atoms with Crippen LogP contribution in [0.4, 0.5) is 4.53 Å². The molecular formula is C17H29FO. The van der Waals surface area contributed by atoms with Gasteiger partial charge in [-0.3, -0.25) is 0 Å². The van der Waals surface area contributed by atoms with Gasteiger partial charge in [-0.25, -0.2) is 0 Å². The summed E-state index contributed by atoms with van der Waals surface area (Å²) in [7, 11) is 0. The molecule has 1 aliphatic carbocycles. The van der Waals surface area contributed by atoms with Gasteiger partial charge in [0.25, 0.3) is 0 Å². The quantitative estimate of drug-likeness (QED) is 0.518. The zero-order valence-corrected chi connectivity index (χ0v) is 12.5. The molecule has 1 saturated carbocycles. The van der Waals surface area contributed by atoms with Crippen LogP contribution >= 0.6 is 0 Å². The molecular weight excluding hydrogens is 239 g/mol. The van der Waals surface area contributed by atoms with Crippen LogP contribution in [-0.4, -0.2) is 6.10 Å². The van der Waals surface area contributed by atoms with Crippen molar-refractivity contribution in [2.24, 2.45) is 17.8 Å². The number of allylic oxidation sites excluding steroid dienone is 3. The smallest absolute Gasteiger partial charge is 0.102 e. The van der Waals surface area contributed by atoms with Crippen LogP contribution in [0.3, 0.4) is 0 Å². The summed E-state index contributed by atoms with van der Waals surface area (Å²) in [5.74, 6) is 1.48. The van der Waals surface area contributed by atoms with Crippen LogP contribution in [0.5, 0.6) is 0 Å². The average molecular weight is 268 g/mol. The molecule has 0 heterocycles. The Morgan fingerprint density at radius 1 is 1.32 bits per heavy atom. The summed E-state index contributed by atoms with van der Waals surface area (Å²) < 4.78 is 12.9. The molecule has 0 aromatic rings. The normalized spacial score (nSPS) is 25.9. The minimum absolute atomic E-state index is 0.234. The second kappa shape index (κ2) is 9.30. The minimum Gasteiger partial charge on any atom is -0.191 e. The second-order valence-corrected chi connectivity index (χ2v) is 6.11. The molecule has 0 aromatic carbocycles. The van der Waals surface area contributed by atoms with E-state index in [0.717, 1.165) is 25.7 Å². The first-order chi connectivity index (χ1) is 9.19. The molecule has 19 heavy (non-hydrogen) atoms. The Bertz CT molecular complexity index is 272. The van der Waals surface area contributed by atoms with Gasteiger partial charge in [0, 0.05) is 0 Å². The first-order valence-electron chi connectivity index (χ1n) is 7.74. The van der Waals surface area contributed by atoms with Crippen molar-refractivity contribution >= 4 is 0 Å². The Kier molecular flexibility index (Phi) is 8.04. The van der Waals surface area contributed by atoms with E-state index < -0.39 is 0 Å². The highest BCUT2D eigenvalue weighted by Crippen LogP contribution is 2.37. The Morgan fingerprint density at radius 3 is 2.68 bits per heavy atom. The van der Waals surface area contributed by atoms with Gasteiger partial charge in [-0.1, -0.05) is 44.9 Å². The highest BCUT2D eigenvalue weighted by Gasteiger charge is 2.31. The summed E-state index contributed by atoms with van der Waals surface area (Å²) in [6.07, 6.45) is 13.5. The number of hydrogen-bond donors (Lipinski definition) is 0. The third-order valence-electron chi connectivity index (χ3n) is 4.17. The van der Waals surface area contributed by atoms with Gasteiger partial charge in [0.15, 0.2) is 0 Å². The number of halogens is 1. The highest BCUT2D eigenvalue weighted by molar-refractivity contribution is 4.89. The van der Waals surface area contributed by atoms with Crippen molar-refractivity contribution in [1.29, 1.82) is 0 Å². The van der Waals surface area contributed by atoms with Crippen molar-refractivity contribution in [2.75, 3.05) is 0 Å². The van der Waals surface area contributed by atoms with Crippen LogP contribution in [0.1, 0.15) is 58.8 Å². The van der Waals surface area contributed by atoms with Crippen LogP contribution in [0, 0.1) is 17.8 Å². The summed E-state index contributed by atoms with van der Waals surface area (Å²) in [6, 6.07) is 0. The maximum Gasteiger partial charge on any atom is 0.102 e. The lowest BCUT2D eigenvalue weighted by Gasteiger charge is -2.34. The molecule has 0 saturated heterocycles. The van der Waals surface area contributed by atoms with Crippen molar-refractivity contribution in [2.45, 2.75) is 64.9 Å². The lowest BCUT2D eigenvalue weighted by atomic mass is 9.74. The van der Waals surface area contributed by atoms with Gasteiger partial charge < -0.3 is 0 Å². The third-order valence-corrected chi connectivity index (χ3v) is 4.17. The van der Waals surface area contributed by atoms with Crippen molar-refractivity contribution in [3.63, 3.8) is 0 Å². The first kappa shape index (κ1) is 16.4. The predicted octanol–water partition coefficient (Wildman–Crippen LogP) is 5.63. The fraction of sp³-hybridized carbons (Fsp3) is 0.765. The van der Waals surface area contributed by atoms with Crippen molar-refractivity contribution < 1.29 is 9.47 Å². The van der Waals surface area contributed by atoms with E-state index in [1.165, 1.54) is 19.3 Å². The van der Waals surface area contributed by atoms with Crippen molar-refractivity contribution in [3.8, 4) is 0 Å². The van der Waals surface area contributed by atoms with Gasteiger partial charge >= 0.3 is 0 Å². The van der Waals surface area contributed by atoms with Crippen LogP contribution in [0.2, 0.25) is 0 Å². The van der Waals surface area contributed by atoms with Crippen molar-refractivity contribution in [3.05, 3.63) is 24.8 Å². The summed E-state index contributed by atoms with van der Waals surface area (Å²) in [4.78, 5) is 4.31. The number of hydrogen-bond acceptors (Lipinski definition) is 1. The predicted molar refractivity (Wildman–Crippen MR) is 79.5 cm³/mol. The average Bonchev–Trinajstić information content (AvgIpc) is 2.40. The molecule has 1 nitrogen and oxygen atoms in total. The second-order valence-electron chi connectivity index (χ2n) is 6.11. The molecule has 3 atom stereocenters. The molecule has 0 aliphatic heterocycles. The van der Waals surface area contributed by atoms with E-state index in [9.17, 15) is 4.53 Å². The Labute approximate surface area is 117 Å². The van der Waals surface area contributed by atoms with Gasteiger partial charge in [0.2, 0.25) is 0 Å². The van der Waals surface area contributed by atoms with E-state index in [4.69, 9.17) is 0 Å². The third kappa shape index (κ3) is 5.90. The van der Waals surface area contributed by atoms with E-state index in [-0.39, 0.29) is 6.10 Å². The zero-order valence-electron chi connectivity index (χ0n) is 12.5. The van der Waals surface area contributed by atoms with E-state index in [1.54, 1.807) is 0 Å². The van der Waals surface area contributed by atoms with Crippen LogP contribution in [-0.2, 0) is 4.94 Å². The molecule has 0 radical (unpaired) electrons. The topological polar surface area (TPSA) is 9.23 Å². The standard InChI is InChI=1S/C17H29FO/c1-4-9-15-11-6-7-12-16(15)17(19-18)13-8-5-10-14(2)3/h4-5,10,14-17H,1,6-9,11-13H2,2-3H3/b10-5+/t15-,16-,17-/m0/s1. The van der Waals surface area contributed by atoms with Crippen LogP contribution < -0.4 is 0 Å². The Balaban J connectivity index is 2.48. The van der Waals surface area contributed by atoms with Crippen molar-refractivity contribution in [1.82, 2.24) is 0 Å². The van der Waals surface area contributed by atoms with E-state index in [1.807, 2.05) is 6.08 Å². The van der Waals surface area contributed by atoms with Gasteiger partial charge in [0.05, 0.1) is 0 Å². The Morgan fingerprint density at radius 2 is 2.05 bits per heavy atom. The molecule has 0 bridgehead atoms. The minimum atomic E-state index is -0.234. The van der Waals surface area contributed by atoms with Crippen LogP contribution in [0.15, 0.2) is 24.8 Å². The molecule has 1 aliphatic rings. The number of rotatable bonds is 8. The molecule has 2 heteroatoms. The molecule has 1 fully saturated rings. The summed E-state index contributed by atoms with van der Waals surface area (Å²) in [5, 5.41) is 0. The summed E-state index contributed by atoms with van der Waals surface area (Å²) in [5.41, 5.74) is 0. The van der Waals surface area contributed by atoms with Crippen LogP contribution in [0.25, 0.3) is 0 Å². The molecule has 0 aromatic heterocycles. The van der Waals surface area contributed by atoms with Gasteiger partial charge in [0.1, 0.15) is 6.10 Å². The maximum atomic E-state index is 12.9. The van der Waals surface area contributed by atoms with Gasteiger partial charge in [-0.2, -0.15) is 4.94 Å². The molecule has 110 valence electrons. The van der Waals surface area contributed by atoms with E-state index >= 15 is 0 Å². The first-order valence-corrected chi connectivity index (χ1v) is 7.74. The lowest BCUT2D eigenvalue weighted by molar-refractivity contribution is -0.206. The maximum absolute atomic E-state index is 12.9. The molecule has 1 rings (SSSR count). The molecule has 0 unspecified atom stereocenters. The molecule has 0 N–H and O–H groups in total. The highest BCUT2D eigenvalue weighted by atomic mass is 19.3. The lowest BCUT2D eigenvalue weighted by Crippen LogP contribution is -2.31. The molecule has 0 spiro atoms. The van der Waals surface area contributed by atoms with E-state index in [0.29, 0.717) is 17.8 Å². The zero-order chi connectivity index (χ0) is 14.1. The Hall–Kier alpha value is -0.630. The fourth-order valence-corrected chi connectivity index (χ4v) is 3.19. The van der Waals surface area contributed by atoms with Gasteiger partial charge in [-0.15, -0.1) is 6.58 Å². The monoisotopic (exact) mass is 268 g/mol. The van der Waals surface area contributed by atoms with Gasteiger partial charge in [-0.05, 0) is 54.4 Å². The summed E-state index contributed by atoms with van der Waals surface area (Å²) in [6.45, 7) is 8.13. The summed E-state index contributed by atoms with van der Waals surface area (Å²) >= 11 is 0. The largest absolute Gasteiger partial charge is 0.191 e. The molecule has 0 amide bonds. The SMILES string of the molecule is C=CC[C@H]1CCCC[C@@H]1[C@H](CC/C=C/C(C)C)OF. The fourth-order valence-electron chi connectivity index (χ4n) is 3.19.